The topological polar surface area (TPSA) is 74.6 Å². The van der Waals surface area contributed by atoms with Crippen molar-refractivity contribution in [3.05, 3.63) is 85.9 Å². The molecule has 0 amide bonds. The standard InChI is InChI=1S/C20H19N3O2S/c1-12-5-4-7-14(11-12)23-19(25)16(18(24)22-20(23)26)17-15-8-3-2-6-13(15)9-10-21-17/h2-8,11,17,21,25H,9-10H2,1H3,(H,22,24,26)/p+1/t17-/m1/s1. The molecule has 0 saturated heterocycles. The fourth-order valence-corrected chi connectivity index (χ4v) is 3.98. The number of nitrogens with zero attached hydrogens (tertiary/aromatic N) is 1. The number of aromatic hydroxyl groups is 1. The van der Waals surface area contributed by atoms with Crippen molar-refractivity contribution in [3.63, 3.8) is 0 Å². The fraction of sp³-hybridized carbons (Fsp3) is 0.200. The summed E-state index contributed by atoms with van der Waals surface area (Å²) in [6, 6.07) is 15.5. The van der Waals surface area contributed by atoms with Crippen LogP contribution in [0.3, 0.4) is 0 Å². The monoisotopic (exact) mass is 366 g/mol. The van der Waals surface area contributed by atoms with Crippen LogP contribution < -0.4 is 10.9 Å². The highest BCUT2D eigenvalue weighted by Gasteiger charge is 2.31. The molecule has 6 heteroatoms. The molecule has 0 spiro atoms. The SMILES string of the molecule is Cc1cccc(-n2c(O)c([C@@H]3[NH2+]CCc4ccccc43)c(=O)[nH]c2=S)c1. The second-order valence-electron chi connectivity index (χ2n) is 6.62. The Morgan fingerprint density at radius 1 is 1.23 bits per heavy atom. The zero-order valence-electron chi connectivity index (χ0n) is 14.4. The normalized spacial score (nSPS) is 16.3. The van der Waals surface area contributed by atoms with Gasteiger partial charge in [-0.3, -0.25) is 14.3 Å². The molecule has 5 nitrogen and oxygen atoms in total. The molecule has 4 rings (SSSR count). The molecule has 0 bridgehead atoms. The van der Waals surface area contributed by atoms with Gasteiger partial charge in [0.1, 0.15) is 11.6 Å². The third-order valence-corrected chi connectivity index (χ3v) is 5.18. The fourth-order valence-electron chi connectivity index (χ4n) is 3.70. The summed E-state index contributed by atoms with van der Waals surface area (Å²) in [6.45, 7) is 2.84. The molecule has 2 aromatic carbocycles. The second-order valence-corrected chi connectivity index (χ2v) is 7.01. The minimum atomic E-state index is -0.339. The lowest BCUT2D eigenvalue weighted by molar-refractivity contribution is -0.690. The van der Waals surface area contributed by atoms with Gasteiger partial charge in [0, 0.05) is 12.0 Å². The van der Waals surface area contributed by atoms with E-state index < -0.39 is 0 Å². The number of hydrogen-bond donors (Lipinski definition) is 3. The van der Waals surface area contributed by atoms with E-state index in [-0.39, 0.29) is 22.3 Å². The van der Waals surface area contributed by atoms with E-state index in [9.17, 15) is 9.90 Å². The molecule has 0 saturated carbocycles. The van der Waals surface area contributed by atoms with Crippen LogP contribution in [0.4, 0.5) is 0 Å². The lowest BCUT2D eigenvalue weighted by Crippen LogP contribution is -2.87. The number of quaternary nitrogens is 1. The Balaban J connectivity index is 1.96. The highest BCUT2D eigenvalue weighted by molar-refractivity contribution is 7.71. The highest BCUT2D eigenvalue weighted by atomic mass is 32.1. The maximum Gasteiger partial charge on any atom is 0.265 e. The van der Waals surface area contributed by atoms with Gasteiger partial charge in [0.2, 0.25) is 5.88 Å². The van der Waals surface area contributed by atoms with E-state index >= 15 is 0 Å². The maximum atomic E-state index is 12.7. The molecule has 1 aliphatic rings. The molecule has 3 aromatic rings. The zero-order chi connectivity index (χ0) is 18.3. The number of fused-ring (bicyclic) bond motifs is 1. The van der Waals surface area contributed by atoms with Crippen molar-refractivity contribution < 1.29 is 10.4 Å². The van der Waals surface area contributed by atoms with E-state index in [0.717, 1.165) is 29.8 Å². The lowest BCUT2D eigenvalue weighted by Gasteiger charge is -2.24. The van der Waals surface area contributed by atoms with Gasteiger partial charge < -0.3 is 10.4 Å². The molecular weight excluding hydrogens is 346 g/mol. The predicted octanol–water partition coefficient (Wildman–Crippen LogP) is 2.12. The molecule has 0 fully saturated rings. The van der Waals surface area contributed by atoms with Crippen molar-refractivity contribution in [2.45, 2.75) is 19.4 Å². The maximum absolute atomic E-state index is 12.7. The van der Waals surface area contributed by atoms with E-state index in [2.05, 4.69) is 16.4 Å². The van der Waals surface area contributed by atoms with Gasteiger partial charge in [-0.05, 0) is 42.4 Å². The average Bonchev–Trinajstić information content (AvgIpc) is 2.61. The third-order valence-electron chi connectivity index (χ3n) is 4.90. The highest BCUT2D eigenvalue weighted by Crippen LogP contribution is 2.29. The van der Waals surface area contributed by atoms with Crippen LogP contribution in [0.5, 0.6) is 5.88 Å². The number of hydrogen-bond acceptors (Lipinski definition) is 3. The van der Waals surface area contributed by atoms with Crippen LogP contribution in [-0.4, -0.2) is 21.2 Å². The quantitative estimate of drug-likeness (QED) is 0.608. The van der Waals surface area contributed by atoms with Gasteiger partial charge in [0.05, 0.1) is 12.2 Å². The summed E-state index contributed by atoms with van der Waals surface area (Å²) >= 11 is 5.33. The van der Waals surface area contributed by atoms with E-state index in [4.69, 9.17) is 12.2 Å². The van der Waals surface area contributed by atoms with Crippen LogP contribution in [0.25, 0.3) is 5.69 Å². The first-order valence-corrected chi connectivity index (χ1v) is 9.03. The van der Waals surface area contributed by atoms with Crippen molar-refractivity contribution in [1.82, 2.24) is 9.55 Å². The summed E-state index contributed by atoms with van der Waals surface area (Å²) in [7, 11) is 0. The van der Waals surface area contributed by atoms with E-state index in [1.54, 1.807) is 0 Å². The molecule has 1 aromatic heterocycles. The Morgan fingerprint density at radius 3 is 2.85 bits per heavy atom. The molecule has 0 unspecified atom stereocenters. The minimum Gasteiger partial charge on any atom is -0.494 e. The predicted molar refractivity (Wildman–Crippen MR) is 102 cm³/mol. The number of nitrogens with two attached hydrogens (primary N) is 1. The lowest BCUT2D eigenvalue weighted by atomic mass is 9.90. The zero-order valence-corrected chi connectivity index (χ0v) is 15.2. The molecule has 0 aliphatic carbocycles. The van der Waals surface area contributed by atoms with Crippen LogP contribution in [0.1, 0.15) is 28.3 Å². The summed E-state index contributed by atoms with van der Waals surface area (Å²) in [6.07, 6.45) is 0.947. The van der Waals surface area contributed by atoms with Gasteiger partial charge in [0.15, 0.2) is 4.77 Å². The molecule has 0 radical (unpaired) electrons. The van der Waals surface area contributed by atoms with Crippen molar-refractivity contribution in [2.24, 2.45) is 0 Å². The summed E-state index contributed by atoms with van der Waals surface area (Å²) in [5.41, 5.74) is 4.05. The van der Waals surface area contributed by atoms with E-state index in [1.807, 2.05) is 49.4 Å². The number of rotatable bonds is 2. The average molecular weight is 366 g/mol. The van der Waals surface area contributed by atoms with Gasteiger partial charge in [-0.2, -0.15) is 0 Å². The number of nitrogens with one attached hydrogen (secondary N) is 1. The third kappa shape index (κ3) is 2.77. The first-order valence-electron chi connectivity index (χ1n) is 8.62. The first-order chi connectivity index (χ1) is 12.6. The van der Waals surface area contributed by atoms with Crippen molar-refractivity contribution in [3.8, 4) is 11.6 Å². The molecule has 1 atom stereocenters. The van der Waals surface area contributed by atoms with Gasteiger partial charge in [-0.25, -0.2) is 0 Å². The summed E-state index contributed by atoms with van der Waals surface area (Å²) in [4.78, 5) is 15.4. The number of aromatic amines is 1. The van der Waals surface area contributed by atoms with Gasteiger partial charge in [-0.15, -0.1) is 0 Å². The Labute approximate surface area is 156 Å². The number of H-pyrrole nitrogens is 1. The Morgan fingerprint density at radius 2 is 2.04 bits per heavy atom. The summed E-state index contributed by atoms with van der Waals surface area (Å²) < 4.78 is 1.72. The smallest absolute Gasteiger partial charge is 0.265 e. The molecule has 26 heavy (non-hydrogen) atoms. The number of benzene rings is 2. The Hall–Kier alpha value is -2.70. The molecule has 1 aliphatic heterocycles. The minimum absolute atomic E-state index is 0.0951. The van der Waals surface area contributed by atoms with Crippen LogP contribution in [0.2, 0.25) is 0 Å². The van der Waals surface area contributed by atoms with Crippen molar-refractivity contribution in [2.75, 3.05) is 6.54 Å². The van der Waals surface area contributed by atoms with E-state index in [1.165, 1.54) is 10.1 Å². The van der Waals surface area contributed by atoms with Gasteiger partial charge in [0.25, 0.3) is 5.56 Å². The van der Waals surface area contributed by atoms with Gasteiger partial charge >= 0.3 is 0 Å². The van der Waals surface area contributed by atoms with Crippen LogP contribution in [-0.2, 0) is 6.42 Å². The van der Waals surface area contributed by atoms with Crippen molar-refractivity contribution in [1.29, 1.82) is 0 Å². The molecule has 132 valence electrons. The number of aromatic nitrogens is 2. The van der Waals surface area contributed by atoms with Gasteiger partial charge in [-0.1, -0.05) is 36.4 Å². The van der Waals surface area contributed by atoms with Crippen LogP contribution in [0, 0.1) is 11.7 Å². The second kappa shape index (κ2) is 6.55. The molecule has 2 heterocycles. The molecular formula is C20H20N3O2S+. The summed E-state index contributed by atoms with van der Waals surface area (Å²) in [5, 5.41) is 13.1. The Bertz CT molecular complexity index is 1100. The van der Waals surface area contributed by atoms with Crippen molar-refractivity contribution >= 4 is 12.2 Å². The van der Waals surface area contributed by atoms with E-state index in [0.29, 0.717) is 5.56 Å². The summed E-state index contributed by atoms with van der Waals surface area (Å²) in [5.74, 6) is -0.0951. The first kappa shape index (κ1) is 16.8. The van der Waals surface area contributed by atoms with Crippen LogP contribution >= 0.6 is 12.2 Å². The van der Waals surface area contributed by atoms with Crippen LogP contribution in [0.15, 0.2) is 53.3 Å². The Kier molecular flexibility index (Phi) is 4.22. The largest absolute Gasteiger partial charge is 0.494 e. The molecule has 4 N–H and O–H groups in total. The number of aryl methyl sites for hydroxylation is 1.